The van der Waals surface area contributed by atoms with E-state index in [0.29, 0.717) is 28.8 Å². The number of hydrogen-bond acceptors (Lipinski definition) is 3. The summed E-state index contributed by atoms with van der Waals surface area (Å²) in [5.41, 5.74) is 6.44. The number of rotatable bonds is 6. The molecule has 0 fully saturated rings. The molecule has 5 heteroatoms. The van der Waals surface area contributed by atoms with E-state index in [2.05, 4.69) is 0 Å². The largest absolute Gasteiger partial charge is 0.345 e. The monoisotopic (exact) mass is 277 g/mol. The number of nitrogens with two attached hydrogens (primary N) is 1. The van der Waals surface area contributed by atoms with Crippen molar-refractivity contribution < 1.29 is 9.47 Å². The molecule has 0 radical (unpaired) electrons. The van der Waals surface area contributed by atoms with Crippen LogP contribution in [0.3, 0.4) is 0 Å². The van der Waals surface area contributed by atoms with E-state index in [-0.39, 0.29) is 6.54 Å². The molecule has 96 valence electrons. The van der Waals surface area contributed by atoms with E-state index in [1.54, 1.807) is 12.1 Å². The second-order valence-electron chi connectivity index (χ2n) is 3.42. The average molecular weight is 278 g/mol. The molecule has 0 saturated carbocycles. The minimum atomic E-state index is -1.02. The maximum absolute atomic E-state index is 6.18. The lowest BCUT2D eigenvalue weighted by molar-refractivity contribution is -0.235. The summed E-state index contributed by atoms with van der Waals surface area (Å²) in [6.07, 6.45) is 0. The first-order valence-electron chi connectivity index (χ1n) is 5.53. The van der Waals surface area contributed by atoms with Crippen molar-refractivity contribution in [1.82, 2.24) is 0 Å². The van der Waals surface area contributed by atoms with Gasteiger partial charge in [-0.05, 0) is 19.9 Å². The van der Waals surface area contributed by atoms with Gasteiger partial charge in [-0.15, -0.1) is 0 Å². The van der Waals surface area contributed by atoms with E-state index in [1.165, 1.54) is 0 Å². The van der Waals surface area contributed by atoms with Gasteiger partial charge in [0.1, 0.15) is 0 Å². The van der Waals surface area contributed by atoms with Crippen molar-refractivity contribution in [3.05, 3.63) is 33.8 Å². The van der Waals surface area contributed by atoms with Gasteiger partial charge in [-0.1, -0.05) is 35.3 Å². The molecule has 0 aliphatic carbocycles. The lowest BCUT2D eigenvalue weighted by Crippen LogP contribution is -2.41. The molecule has 0 bridgehead atoms. The molecule has 0 amide bonds. The first-order valence-corrected chi connectivity index (χ1v) is 6.29. The Kier molecular flexibility index (Phi) is 5.70. The van der Waals surface area contributed by atoms with Crippen molar-refractivity contribution >= 4 is 23.2 Å². The molecule has 0 atom stereocenters. The Hall–Kier alpha value is -0.320. The van der Waals surface area contributed by atoms with Crippen LogP contribution in [0.2, 0.25) is 10.0 Å². The van der Waals surface area contributed by atoms with Gasteiger partial charge in [0, 0.05) is 18.8 Å². The zero-order valence-electron chi connectivity index (χ0n) is 10.0. The van der Waals surface area contributed by atoms with Gasteiger partial charge in [-0.25, -0.2) is 0 Å². The Balaban J connectivity index is 3.24. The van der Waals surface area contributed by atoms with Gasteiger partial charge in [0.25, 0.3) is 0 Å². The van der Waals surface area contributed by atoms with Crippen molar-refractivity contribution in [3.63, 3.8) is 0 Å². The topological polar surface area (TPSA) is 44.5 Å². The zero-order chi connectivity index (χ0) is 12.9. The van der Waals surface area contributed by atoms with Crippen LogP contribution in [-0.4, -0.2) is 19.8 Å². The molecule has 0 unspecified atom stereocenters. The van der Waals surface area contributed by atoms with Gasteiger partial charge < -0.3 is 15.2 Å². The highest BCUT2D eigenvalue weighted by molar-refractivity contribution is 6.42. The van der Waals surface area contributed by atoms with Crippen molar-refractivity contribution in [1.29, 1.82) is 0 Å². The first kappa shape index (κ1) is 14.7. The Morgan fingerprint density at radius 3 is 2.24 bits per heavy atom. The molecule has 1 aromatic carbocycles. The predicted molar refractivity (Wildman–Crippen MR) is 70.4 cm³/mol. The molecule has 0 aromatic heterocycles. The fourth-order valence-electron chi connectivity index (χ4n) is 1.69. The Labute approximate surface area is 112 Å². The molecular formula is C12H17Cl2NO2. The van der Waals surface area contributed by atoms with Crippen LogP contribution >= 0.6 is 23.2 Å². The summed E-state index contributed by atoms with van der Waals surface area (Å²) in [7, 11) is 0. The van der Waals surface area contributed by atoms with Gasteiger partial charge in [-0.3, -0.25) is 0 Å². The fraction of sp³-hybridized carbons (Fsp3) is 0.500. The third-order valence-corrected chi connectivity index (χ3v) is 3.20. The van der Waals surface area contributed by atoms with Crippen LogP contribution in [0.5, 0.6) is 0 Å². The smallest absolute Gasteiger partial charge is 0.209 e. The third-order valence-electron chi connectivity index (χ3n) is 2.39. The highest BCUT2D eigenvalue weighted by atomic mass is 35.5. The number of benzene rings is 1. The minimum Gasteiger partial charge on any atom is -0.345 e. The normalized spacial score (nSPS) is 11.8. The summed E-state index contributed by atoms with van der Waals surface area (Å²) in [4.78, 5) is 0. The third kappa shape index (κ3) is 3.12. The van der Waals surface area contributed by atoms with Crippen LogP contribution in [0, 0.1) is 0 Å². The molecule has 0 aliphatic rings. The van der Waals surface area contributed by atoms with Crippen LogP contribution in [0.1, 0.15) is 19.4 Å². The molecule has 0 spiro atoms. The van der Waals surface area contributed by atoms with Crippen LogP contribution in [-0.2, 0) is 15.3 Å². The van der Waals surface area contributed by atoms with Crippen molar-refractivity contribution in [3.8, 4) is 0 Å². The van der Waals surface area contributed by atoms with Crippen molar-refractivity contribution in [2.45, 2.75) is 19.6 Å². The molecule has 0 heterocycles. The van der Waals surface area contributed by atoms with Crippen LogP contribution in [0.25, 0.3) is 0 Å². The second kappa shape index (κ2) is 6.57. The van der Waals surface area contributed by atoms with E-state index in [9.17, 15) is 0 Å². The van der Waals surface area contributed by atoms with Gasteiger partial charge in [0.15, 0.2) is 0 Å². The molecule has 0 saturated heterocycles. The van der Waals surface area contributed by atoms with E-state index < -0.39 is 5.79 Å². The summed E-state index contributed by atoms with van der Waals surface area (Å²) in [6, 6.07) is 5.32. The van der Waals surface area contributed by atoms with E-state index in [1.807, 2.05) is 19.9 Å². The SMILES string of the molecule is CCOC(CN)(OCC)c1cccc(Cl)c1Cl. The lowest BCUT2D eigenvalue weighted by atomic mass is 10.1. The quantitative estimate of drug-likeness (QED) is 0.813. The predicted octanol–water partition coefficient (Wildman–Crippen LogP) is 3.18. The average Bonchev–Trinajstić information content (AvgIpc) is 2.32. The van der Waals surface area contributed by atoms with Gasteiger partial charge in [0.2, 0.25) is 5.79 Å². The highest BCUT2D eigenvalue weighted by Crippen LogP contribution is 2.36. The summed E-state index contributed by atoms with van der Waals surface area (Å²) in [6.45, 7) is 4.87. The minimum absolute atomic E-state index is 0.175. The number of halogens is 2. The Morgan fingerprint density at radius 2 is 1.76 bits per heavy atom. The summed E-state index contributed by atoms with van der Waals surface area (Å²) in [5.74, 6) is -1.02. The summed E-state index contributed by atoms with van der Waals surface area (Å²) in [5, 5.41) is 0.878. The molecule has 1 aromatic rings. The van der Waals surface area contributed by atoms with Crippen molar-refractivity contribution in [2.24, 2.45) is 5.73 Å². The zero-order valence-corrected chi connectivity index (χ0v) is 11.5. The maximum atomic E-state index is 6.18. The fourth-order valence-corrected chi connectivity index (χ4v) is 2.13. The summed E-state index contributed by atoms with van der Waals surface area (Å²) >= 11 is 12.2. The van der Waals surface area contributed by atoms with Gasteiger partial charge in [-0.2, -0.15) is 0 Å². The number of ether oxygens (including phenoxy) is 2. The van der Waals surface area contributed by atoms with Crippen LogP contribution < -0.4 is 5.73 Å². The van der Waals surface area contributed by atoms with Gasteiger partial charge >= 0.3 is 0 Å². The lowest BCUT2D eigenvalue weighted by Gasteiger charge is -2.33. The molecule has 17 heavy (non-hydrogen) atoms. The molecule has 1 rings (SSSR count). The van der Waals surface area contributed by atoms with E-state index in [0.717, 1.165) is 0 Å². The second-order valence-corrected chi connectivity index (χ2v) is 4.21. The number of hydrogen-bond donors (Lipinski definition) is 1. The summed E-state index contributed by atoms with van der Waals surface area (Å²) < 4.78 is 11.3. The maximum Gasteiger partial charge on any atom is 0.209 e. The molecular weight excluding hydrogens is 261 g/mol. The highest BCUT2D eigenvalue weighted by Gasteiger charge is 2.34. The Morgan fingerprint density at radius 1 is 1.18 bits per heavy atom. The van der Waals surface area contributed by atoms with E-state index >= 15 is 0 Å². The molecule has 0 aliphatic heterocycles. The molecule has 3 nitrogen and oxygen atoms in total. The first-order chi connectivity index (χ1) is 8.11. The standard InChI is InChI=1S/C12H17Cl2NO2/c1-3-16-12(8-15,17-4-2)9-6-5-7-10(13)11(9)14/h5-7H,3-4,8,15H2,1-2H3. The Bertz CT molecular complexity index is 366. The van der Waals surface area contributed by atoms with Crippen LogP contribution in [0.4, 0.5) is 0 Å². The van der Waals surface area contributed by atoms with Crippen LogP contribution in [0.15, 0.2) is 18.2 Å². The van der Waals surface area contributed by atoms with Crippen molar-refractivity contribution in [2.75, 3.05) is 19.8 Å². The van der Waals surface area contributed by atoms with Gasteiger partial charge in [0.05, 0.1) is 16.6 Å². The van der Waals surface area contributed by atoms with E-state index in [4.69, 9.17) is 38.4 Å². The molecule has 2 N–H and O–H groups in total.